The summed E-state index contributed by atoms with van der Waals surface area (Å²) in [6.07, 6.45) is 3.53. The number of imide groups is 1. The van der Waals surface area contributed by atoms with Crippen molar-refractivity contribution in [2.45, 2.75) is 63.4 Å². The Bertz CT molecular complexity index is 1540. The highest BCUT2D eigenvalue weighted by Gasteiger charge is 2.39. The Balaban J connectivity index is 0.943. The highest BCUT2D eigenvalue weighted by Crippen LogP contribution is 2.31. The van der Waals surface area contributed by atoms with Crippen LogP contribution in [-0.2, 0) is 27.4 Å². The second-order valence-corrected chi connectivity index (χ2v) is 11.6. The van der Waals surface area contributed by atoms with Crippen LogP contribution in [0.3, 0.4) is 0 Å². The number of nitrogens with one attached hydrogen (secondary N) is 1. The van der Waals surface area contributed by atoms with Crippen LogP contribution in [-0.4, -0.2) is 77.1 Å². The monoisotopic (exact) mass is 570 g/mol. The third-order valence-corrected chi connectivity index (χ3v) is 8.62. The molecule has 0 aliphatic carbocycles. The van der Waals surface area contributed by atoms with Gasteiger partial charge in [-0.3, -0.25) is 24.6 Å². The Morgan fingerprint density at radius 1 is 0.929 bits per heavy atom. The van der Waals surface area contributed by atoms with Crippen molar-refractivity contribution in [1.82, 2.24) is 20.1 Å². The SMILES string of the molecule is O=C1CCC(N2Cc3cc(O[C@H]4CCN(Cc5ccc6nc(OC7CCOCC7)ccc6c5)C4)ccc3C2=O)C(=O)N1. The van der Waals surface area contributed by atoms with Crippen molar-refractivity contribution in [3.05, 3.63) is 65.2 Å². The van der Waals surface area contributed by atoms with Crippen molar-refractivity contribution in [1.29, 1.82) is 0 Å². The predicted octanol–water partition coefficient (Wildman–Crippen LogP) is 3.21. The van der Waals surface area contributed by atoms with E-state index >= 15 is 0 Å². The van der Waals surface area contributed by atoms with Gasteiger partial charge in [-0.25, -0.2) is 4.98 Å². The zero-order valence-corrected chi connectivity index (χ0v) is 23.4. The highest BCUT2D eigenvalue weighted by molar-refractivity contribution is 6.05. The summed E-state index contributed by atoms with van der Waals surface area (Å²) in [5.74, 6) is 0.536. The molecular formula is C32H34N4O6. The van der Waals surface area contributed by atoms with Crippen molar-refractivity contribution in [2.75, 3.05) is 26.3 Å². The van der Waals surface area contributed by atoms with E-state index in [-0.39, 0.29) is 30.4 Å². The summed E-state index contributed by atoms with van der Waals surface area (Å²) in [4.78, 5) is 45.5. The van der Waals surface area contributed by atoms with E-state index in [1.165, 1.54) is 5.56 Å². The summed E-state index contributed by atoms with van der Waals surface area (Å²) in [6, 6.07) is 15.3. The lowest BCUT2D eigenvalue weighted by Gasteiger charge is -2.29. The number of pyridine rings is 1. The van der Waals surface area contributed by atoms with Crippen LogP contribution in [0.1, 0.15) is 53.6 Å². The number of rotatable bonds is 7. The maximum atomic E-state index is 13.0. The minimum absolute atomic E-state index is 0.0541. The van der Waals surface area contributed by atoms with Gasteiger partial charge in [0.25, 0.3) is 5.91 Å². The molecule has 3 amide bonds. The number of ether oxygens (including phenoxy) is 3. The van der Waals surface area contributed by atoms with Gasteiger partial charge in [0, 0.05) is 62.5 Å². The van der Waals surface area contributed by atoms with Gasteiger partial charge >= 0.3 is 0 Å². The molecule has 0 bridgehead atoms. The molecule has 10 heteroatoms. The average molecular weight is 571 g/mol. The van der Waals surface area contributed by atoms with E-state index in [4.69, 9.17) is 19.2 Å². The normalized spacial score (nSPS) is 23.3. The van der Waals surface area contributed by atoms with Gasteiger partial charge < -0.3 is 19.1 Å². The van der Waals surface area contributed by atoms with Gasteiger partial charge in [-0.1, -0.05) is 6.07 Å². The van der Waals surface area contributed by atoms with E-state index in [1.807, 2.05) is 18.2 Å². The fourth-order valence-electron chi connectivity index (χ4n) is 6.40. The Hall–Kier alpha value is -4.02. The van der Waals surface area contributed by atoms with E-state index in [1.54, 1.807) is 11.0 Å². The van der Waals surface area contributed by atoms with Crippen LogP contribution in [0.5, 0.6) is 11.6 Å². The molecule has 2 atom stereocenters. The van der Waals surface area contributed by atoms with Crippen LogP contribution in [0.15, 0.2) is 48.5 Å². The maximum absolute atomic E-state index is 13.0. The fraction of sp³-hybridized carbons (Fsp3) is 0.438. The van der Waals surface area contributed by atoms with Crippen LogP contribution in [0.25, 0.3) is 10.9 Å². The maximum Gasteiger partial charge on any atom is 0.255 e. The van der Waals surface area contributed by atoms with E-state index in [2.05, 4.69) is 34.5 Å². The Labute approximate surface area is 243 Å². The topological polar surface area (TPSA) is 110 Å². The van der Waals surface area contributed by atoms with Gasteiger partial charge in [0.05, 0.1) is 18.7 Å². The van der Waals surface area contributed by atoms with Crippen LogP contribution < -0.4 is 14.8 Å². The predicted molar refractivity (Wildman–Crippen MR) is 153 cm³/mol. The summed E-state index contributed by atoms with van der Waals surface area (Å²) in [5.41, 5.74) is 3.60. The zero-order chi connectivity index (χ0) is 28.6. The molecule has 0 radical (unpaired) electrons. The standard InChI is InChI=1S/C32H34N4O6/c37-29-7-6-28(31(38)34-29)36-18-22-16-24(3-4-26(22)32(36)39)41-25-9-12-35(19-25)17-20-1-5-27-21(15-20)2-8-30(33-27)42-23-10-13-40-14-11-23/h1-5,8,15-16,23,25,28H,6-7,9-14,17-19H2,(H,34,37,38)/t25-,28?/m0/s1. The smallest absolute Gasteiger partial charge is 0.255 e. The largest absolute Gasteiger partial charge is 0.489 e. The van der Waals surface area contributed by atoms with Gasteiger partial charge in [0.2, 0.25) is 17.7 Å². The number of benzene rings is 2. The Morgan fingerprint density at radius 2 is 1.81 bits per heavy atom. The molecule has 218 valence electrons. The molecule has 3 aromatic rings. The first-order chi connectivity index (χ1) is 20.5. The second kappa shape index (κ2) is 11.3. The lowest BCUT2D eigenvalue weighted by atomic mass is 10.0. The number of piperidine rings is 1. The van der Waals surface area contributed by atoms with Gasteiger partial charge in [-0.15, -0.1) is 0 Å². The summed E-state index contributed by atoms with van der Waals surface area (Å²) in [5, 5.41) is 3.44. The van der Waals surface area contributed by atoms with Crippen LogP contribution in [0.4, 0.5) is 0 Å². The minimum atomic E-state index is -0.617. The number of fused-ring (bicyclic) bond motifs is 2. The van der Waals surface area contributed by atoms with Crippen LogP contribution >= 0.6 is 0 Å². The van der Waals surface area contributed by atoms with Crippen molar-refractivity contribution >= 4 is 28.6 Å². The van der Waals surface area contributed by atoms with Crippen molar-refractivity contribution < 1.29 is 28.6 Å². The molecule has 7 rings (SSSR count). The van der Waals surface area contributed by atoms with Crippen LogP contribution in [0.2, 0.25) is 0 Å². The first-order valence-corrected chi connectivity index (χ1v) is 14.8. The van der Waals surface area contributed by atoms with Crippen molar-refractivity contribution in [2.24, 2.45) is 0 Å². The van der Waals surface area contributed by atoms with Gasteiger partial charge in [-0.2, -0.15) is 0 Å². The fourth-order valence-corrected chi connectivity index (χ4v) is 6.40. The first-order valence-electron chi connectivity index (χ1n) is 14.8. The Morgan fingerprint density at radius 3 is 2.67 bits per heavy atom. The number of likely N-dealkylation sites (tertiary alicyclic amines) is 1. The molecule has 0 saturated carbocycles. The highest BCUT2D eigenvalue weighted by atomic mass is 16.5. The van der Waals surface area contributed by atoms with Crippen molar-refractivity contribution in [3.63, 3.8) is 0 Å². The molecule has 5 heterocycles. The molecule has 1 unspecified atom stereocenters. The number of nitrogens with zero attached hydrogens (tertiary/aromatic N) is 3. The summed E-state index contributed by atoms with van der Waals surface area (Å²) in [7, 11) is 0. The summed E-state index contributed by atoms with van der Waals surface area (Å²) in [6.45, 7) is 4.40. The molecular weight excluding hydrogens is 536 g/mol. The molecule has 4 aliphatic rings. The summed E-state index contributed by atoms with van der Waals surface area (Å²) >= 11 is 0. The molecule has 0 spiro atoms. The van der Waals surface area contributed by atoms with Gasteiger partial charge in [0.15, 0.2) is 0 Å². The molecule has 4 aliphatic heterocycles. The van der Waals surface area contributed by atoms with Gasteiger partial charge in [0.1, 0.15) is 24.0 Å². The van der Waals surface area contributed by atoms with Crippen LogP contribution in [0, 0.1) is 0 Å². The molecule has 1 N–H and O–H groups in total. The average Bonchev–Trinajstić information content (AvgIpc) is 3.56. The van der Waals surface area contributed by atoms with E-state index in [0.29, 0.717) is 24.4 Å². The van der Waals surface area contributed by atoms with Crippen molar-refractivity contribution in [3.8, 4) is 11.6 Å². The third kappa shape index (κ3) is 5.56. The van der Waals surface area contributed by atoms with E-state index < -0.39 is 11.9 Å². The van der Waals surface area contributed by atoms with E-state index in [9.17, 15) is 14.4 Å². The molecule has 42 heavy (non-hydrogen) atoms. The quantitative estimate of drug-likeness (QED) is 0.432. The number of hydrogen-bond acceptors (Lipinski definition) is 8. The van der Waals surface area contributed by atoms with Gasteiger partial charge in [-0.05, 0) is 60.4 Å². The number of amides is 3. The molecule has 1 aromatic heterocycles. The summed E-state index contributed by atoms with van der Waals surface area (Å²) < 4.78 is 17.8. The second-order valence-electron chi connectivity index (χ2n) is 11.6. The molecule has 3 saturated heterocycles. The number of hydrogen-bond donors (Lipinski definition) is 1. The number of aromatic nitrogens is 1. The lowest BCUT2D eigenvalue weighted by Crippen LogP contribution is -2.52. The lowest BCUT2D eigenvalue weighted by molar-refractivity contribution is -0.136. The minimum Gasteiger partial charge on any atom is -0.489 e. The number of carbonyl (C=O) groups is 3. The molecule has 10 nitrogen and oxygen atoms in total. The zero-order valence-electron chi connectivity index (χ0n) is 23.4. The van der Waals surface area contributed by atoms with E-state index in [0.717, 1.165) is 74.3 Å². The Kier molecular flexibility index (Phi) is 7.25. The number of carbonyl (C=O) groups excluding carboxylic acids is 3. The molecule has 3 fully saturated rings. The third-order valence-electron chi connectivity index (χ3n) is 8.62. The molecule has 2 aromatic carbocycles. The first kappa shape index (κ1) is 26.9.